The Morgan fingerprint density at radius 2 is 1.86 bits per heavy atom. The van der Waals surface area contributed by atoms with Gasteiger partial charge in [0.25, 0.3) is 5.91 Å². The molecule has 0 bridgehead atoms. The molecule has 17 heteroatoms. The van der Waals surface area contributed by atoms with E-state index >= 15 is 0 Å². The van der Waals surface area contributed by atoms with Crippen LogP contribution in [0, 0.1) is 17.8 Å². The number of nitrogens with zero attached hydrogens (tertiary/aromatic N) is 3. The highest BCUT2D eigenvalue weighted by Gasteiger charge is 2.63. The van der Waals surface area contributed by atoms with E-state index in [0.29, 0.717) is 68.9 Å². The van der Waals surface area contributed by atoms with Crippen LogP contribution < -0.4 is 29.7 Å². The van der Waals surface area contributed by atoms with Crippen LogP contribution in [0.25, 0.3) is 10.8 Å². The third-order valence-corrected chi connectivity index (χ3v) is 14.3. The summed E-state index contributed by atoms with van der Waals surface area (Å²) < 4.78 is 45.3. The second-order valence-corrected chi connectivity index (χ2v) is 18.6. The second-order valence-electron chi connectivity index (χ2n) is 16.4. The SMILES string of the molecule is COc1ccc2c(O[C@@H]3C[C@H]4C(=O)N[C@]5(C(=O)NS(=O)(=O)C6(C)CC6)CC5/C=C\CCC(C)C[C@@H](C)[C@H](NC(=O)O)C(=O)N4C3)nc(N3CCOCC3)cc2c1. The van der Waals surface area contributed by atoms with Gasteiger partial charge in [-0.15, -0.1) is 0 Å². The van der Waals surface area contributed by atoms with Crippen LogP contribution in [0.5, 0.6) is 11.6 Å². The number of methoxy groups -OCH3 is 1. The Hall–Kier alpha value is -4.64. The molecule has 1 aromatic heterocycles. The number of hydrogen-bond donors (Lipinski definition) is 4. The number of hydrogen-bond acceptors (Lipinski definition) is 11. The largest absolute Gasteiger partial charge is 0.497 e. The number of ether oxygens (including phenoxy) is 3. The molecule has 16 nitrogen and oxygen atoms in total. The van der Waals surface area contributed by atoms with Crippen molar-refractivity contribution in [2.45, 2.75) is 94.2 Å². The minimum Gasteiger partial charge on any atom is -0.497 e. The molecule has 56 heavy (non-hydrogen) atoms. The van der Waals surface area contributed by atoms with Gasteiger partial charge in [-0.3, -0.25) is 19.1 Å². The molecule has 4 N–H and O–H groups in total. The number of sulfonamides is 1. The average Bonchev–Trinajstić information content (AvgIpc) is 4.05. The third kappa shape index (κ3) is 7.97. The molecule has 2 saturated carbocycles. The number of fused-ring (bicyclic) bond motifs is 3. The zero-order chi connectivity index (χ0) is 40.0. The topological polar surface area (TPSA) is 206 Å². The monoisotopic (exact) mass is 796 g/mol. The van der Waals surface area contributed by atoms with Crippen molar-refractivity contribution in [3.8, 4) is 11.6 Å². The van der Waals surface area contributed by atoms with E-state index in [0.717, 1.165) is 11.8 Å². The van der Waals surface area contributed by atoms with Crippen LogP contribution >= 0.6 is 0 Å². The maximum Gasteiger partial charge on any atom is 0.405 e. The molecule has 0 spiro atoms. The van der Waals surface area contributed by atoms with Gasteiger partial charge >= 0.3 is 6.09 Å². The predicted molar refractivity (Wildman–Crippen MR) is 206 cm³/mol. The summed E-state index contributed by atoms with van der Waals surface area (Å²) in [5, 5.41) is 16.6. The van der Waals surface area contributed by atoms with Gasteiger partial charge < -0.3 is 39.8 Å². The number of aromatic nitrogens is 1. The van der Waals surface area contributed by atoms with E-state index in [9.17, 15) is 32.7 Å². The summed E-state index contributed by atoms with van der Waals surface area (Å²) in [5.74, 6) is -1.26. The van der Waals surface area contributed by atoms with Crippen molar-refractivity contribution >= 4 is 50.4 Å². The van der Waals surface area contributed by atoms with Crippen molar-refractivity contribution in [2.24, 2.45) is 17.8 Å². The number of amides is 4. The highest BCUT2D eigenvalue weighted by Crippen LogP contribution is 2.47. The van der Waals surface area contributed by atoms with Crippen LogP contribution in [-0.4, -0.2) is 116 Å². The van der Waals surface area contributed by atoms with E-state index in [1.165, 1.54) is 4.90 Å². The lowest BCUT2D eigenvalue weighted by atomic mass is 9.88. The van der Waals surface area contributed by atoms with Crippen LogP contribution in [0.15, 0.2) is 36.4 Å². The van der Waals surface area contributed by atoms with Crippen LogP contribution in [-0.2, 0) is 29.1 Å². The minimum atomic E-state index is -4.01. The van der Waals surface area contributed by atoms with Crippen molar-refractivity contribution in [2.75, 3.05) is 44.9 Å². The first kappa shape index (κ1) is 39.6. The highest BCUT2D eigenvalue weighted by atomic mass is 32.2. The molecule has 2 aliphatic carbocycles. The molecule has 7 atom stereocenters. The van der Waals surface area contributed by atoms with Crippen molar-refractivity contribution < 1.29 is 46.9 Å². The van der Waals surface area contributed by atoms with Crippen molar-refractivity contribution in [1.29, 1.82) is 0 Å². The van der Waals surface area contributed by atoms with Gasteiger partial charge in [-0.05, 0) is 86.9 Å². The Balaban J connectivity index is 1.23. The fourth-order valence-electron chi connectivity index (χ4n) is 8.25. The maximum absolute atomic E-state index is 14.6. The highest BCUT2D eigenvalue weighted by molar-refractivity contribution is 7.91. The predicted octanol–water partition coefficient (Wildman–Crippen LogP) is 2.95. The molecule has 1 aromatic carbocycles. The first-order valence-electron chi connectivity index (χ1n) is 19.5. The van der Waals surface area contributed by atoms with Crippen LogP contribution in [0.1, 0.15) is 65.7 Å². The number of carboxylic acid groups (broad SMARTS) is 1. The molecule has 2 unspecified atom stereocenters. The third-order valence-electron chi connectivity index (χ3n) is 12.1. The number of carbonyl (C=O) groups is 4. The molecular weight excluding hydrogens is 745 g/mol. The molecule has 4 heterocycles. The minimum absolute atomic E-state index is 0.00215. The number of anilines is 1. The zero-order valence-electron chi connectivity index (χ0n) is 32.3. The van der Waals surface area contributed by atoms with Gasteiger partial charge in [0.1, 0.15) is 35.3 Å². The first-order valence-corrected chi connectivity index (χ1v) is 20.9. The van der Waals surface area contributed by atoms with Crippen molar-refractivity contribution in [3.05, 3.63) is 36.4 Å². The van der Waals surface area contributed by atoms with Gasteiger partial charge in [-0.25, -0.2) is 13.2 Å². The standard InChI is InChI=1S/C39H52N6O10S/c1-23-7-5-6-8-26-21-39(26,36(48)43-56(51,52)38(3)11-12-38)42-33(46)30-20-28(22-45(30)35(47)32(24(2)17-23)41-37(49)50)55-34-29-10-9-27(53-4)18-25(29)19-31(40-34)44-13-15-54-16-14-44/h6,8-10,18-19,23-24,26,28,30,32,41H,5,7,11-17,20-22H2,1-4H3,(H,42,46)(H,43,48)(H,49,50)/b8-6-/t23?,24-,26?,28-,30+,32+,39-/m1/s1. The molecular formula is C39H52N6O10S. The molecule has 2 saturated heterocycles. The van der Waals surface area contributed by atoms with Crippen LogP contribution in [0.3, 0.4) is 0 Å². The Bertz CT molecular complexity index is 2020. The van der Waals surface area contributed by atoms with E-state index < -0.39 is 74.1 Å². The zero-order valence-corrected chi connectivity index (χ0v) is 33.1. The Morgan fingerprint density at radius 3 is 2.55 bits per heavy atom. The quantitative estimate of drug-likeness (QED) is 0.285. The summed E-state index contributed by atoms with van der Waals surface area (Å²) >= 11 is 0. The molecule has 4 amide bonds. The van der Waals surface area contributed by atoms with Gasteiger partial charge in [0, 0.05) is 30.8 Å². The van der Waals surface area contributed by atoms with Gasteiger partial charge in [0.05, 0.1) is 31.6 Å². The molecule has 0 radical (unpaired) electrons. The summed E-state index contributed by atoms with van der Waals surface area (Å²) in [6, 6.07) is 5.10. The normalized spacial score (nSPS) is 31.1. The fourth-order valence-corrected chi connectivity index (χ4v) is 9.56. The number of pyridine rings is 1. The molecule has 5 aliphatic rings. The average molecular weight is 797 g/mol. The van der Waals surface area contributed by atoms with E-state index in [1.807, 2.05) is 44.2 Å². The summed E-state index contributed by atoms with van der Waals surface area (Å²) in [6.07, 6.45) is 4.60. The van der Waals surface area contributed by atoms with E-state index in [2.05, 4.69) is 20.3 Å². The lowest BCUT2D eigenvalue weighted by Crippen LogP contribution is -2.59. The molecule has 2 aromatic rings. The van der Waals surface area contributed by atoms with E-state index in [-0.39, 0.29) is 31.2 Å². The van der Waals surface area contributed by atoms with E-state index in [4.69, 9.17) is 19.2 Å². The van der Waals surface area contributed by atoms with Gasteiger partial charge in [0.2, 0.25) is 27.7 Å². The molecule has 4 fully saturated rings. The second kappa shape index (κ2) is 15.4. The summed E-state index contributed by atoms with van der Waals surface area (Å²) in [4.78, 5) is 63.4. The fraction of sp³-hybridized carbons (Fsp3) is 0.615. The Kier molecular flexibility index (Phi) is 10.9. The van der Waals surface area contributed by atoms with E-state index in [1.54, 1.807) is 20.1 Å². The van der Waals surface area contributed by atoms with Gasteiger partial charge in [-0.1, -0.05) is 26.0 Å². The first-order chi connectivity index (χ1) is 26.6. The molecule has 304 valence electrons. The lowest BCUT2D eigenvalue weighted by molar-refractivity contribution is -0.142. The molecule has 7 rings (SSSR count). The summed E-state index contributed by atoms with van der Waals surface area (Å²) in [5.41, 5.74) is -1.55. The number of benzene rings is 1. The number of allylic oxidation sites excluding steroid dienone is 1. The van der Waals surface area contributed by atoms with Crippen LogP contribution in [0.4, 0.5) is 10.6 Å². The number of carbonyl (C=O) groups excluding carboxylic acids is 3. The molecule has 3 aliphatic heterocycles. The lowest BCUT2D eigenvalue weighted by Gasteiger charge is -2.32. The Morgan fingerprint density at radius 1 is 1.11 bits per heavy atom. The van der Waals surface area contributed by atoms with Crippen molar-refractivity contribution in [3.63, 3.8) is 0 Å². The van der Waals surface area contributed by atoms with Crippen LogP contribution in [0.2, 0.25) is 0 Å². The summed E-state index contributed by atoms with van der Waals surface area (Å²) in [6.45, 7) is 7.67. The smallest absolute Gasteiger partial charge is 0.405 e. The number of nitrogens with one attached hydrogen (secondary N) is 3. The van der Waals surface area contributed by atoms with Gasteiger partial charge in [0.15, 0.2) is 0 Å². The van der Waals surface area contributed by atoms with Crippen molar-refractivity contribution in [1.82, 2.24) is 25.2 Å². The summed E-state index contributed by atoms with van der Waals surface area (Å²) in [7, 11) is -2.43. The maximum atomic E-state index is 14.6. The Labute approximate surface area is 326 Å². The van der Waals surface area contributed by atoms with Gasteiger partial charge in [-0.2, -0.15) is 4.98 Å². The number of morpholine rings is 1. The number of rotatable bonds is 8.